The van der Waals surface area contributed by atoms with E-state index >= 15 is 0 Å². The van der Waals surface area contributed by atoms with E-state index in [1.54, 1.807) is 17.8 Å². The SMILES string of the molecule is Cc1c(C(=O)O)sc2ncnc(Sc3cnn(C)c3)c12. The van der Waals surface area contributed by atoms with Crippen molar-refractivity contribution in [3.63, 3.8) is 0 Å². The molecule has 6 nitrogen and oxygen atoms in total. The minimum Gasteiger partial charge on any atom is -0.477 e. The molecule has 3 heterocycles. The van der Waals surface area contributed by atoms with Crippen LogP contribution in [0.3, 0.4) is 0 Å². The number of carboxylic acids is 1. The molecule has 0 spiro atoms. The van der Waals surface area contributed by atoms with Crippen LogP contribution in [0.5, 0.6) is 0 Å². The average molecular weight is 306 g/mol. The van der Waals surface area contributed by atoms with E-state index in [4.69, 9.17) is 0 Å². The third-order valence-electron chi connectivity index (χ3n) is 2.78. The van der Waals surface area contributed by atoms with Gasteiger partial charge in [0.2, 0.25) is 0 Å². The Morgan fingerprint density at radius 3 is 2.90 bits per heavy atom. The number of hydrogen-bond donors (Lipinski definition) is 1. The van der Waals surface area contributed by atoms with Gasteiger partial charge in [-0.2, -0.15) is 5.10 Å². The van der Waals surface area contributed by atoms with Gasteiger partial charge in [-0.1, -0.05) is 11.8 Å². The van der Waals surface area contributed by atoms with Gasteiger partial charge >= 0.3 is 5.97 Å². The summed E-state index contributed by atoms with van der Waals surface area (Å²) in [6.07, 6.45) is 5.10. The summed E-state index contributed by atoms with van der Waals surface area (Å²) in [4.78, 5) is 21.6. The Bertz CT molecular complexity index is 809. The van der Waals surface area contributed by atoms with Crippen LogP contribution >= 0.6 is 23.1 Å². The predicted molar refractivity (Wildman–Crippen MR) is 76.4 cm³/mol. The van der Waals surface area contributed by atoms with E-state index in [2.05, 4.69) is 15.1 Å². The number of aryl methyl sites for hydroxylation is 2. The Morgan fingerprint density at radius 1 is 1.45 bits per heavy atom. The van der Waals surface area contributed by atoms with Crippen molar-refractivity contribution >= 4 is 39.3 Å². The quantitative estimate of drug-likeness (QED) is 0.749. The summed E-state index contributed by atoms with van der Waals surface area (Å²) in [6, 6.07) is 0. The minimum atomic E-state index is -0.928. The lowest BCUT2D eigenvalue weighted by Gasteiger charge is -2.00. The molecule has 0 unspecified atom stereocenters. The second-order valence-electron chi connectivity index (χ2n) is 4.17. The van der Waals surface area contributed by atoms with Gasteiger partial charge in [0, 0.05) is 18.6 Å². The van der Waals surface area contributed by atoms with Crippen molar-refractivity contribution < 1.29 is 9.90 Å². The van der Waals surface area contributed by atoms with Crippen molar-refractivity contribution in [3.05, 3.63) is 29.2 Å². The molecular formula is C12H10N4O2S2. The molecule has 0 saturated heterocycles. The molecule has 0 atom stereocenters. The smallest absolute Gasteiger partial charge is 0.346 e. The molecule has 0 bridgehead atoms. The highest BCUT2D eigenvalue weighted by Gasteiger charge is 2.19. The standard InChI is InChI=1S/C12H10N4O2S2/c1-6-8-10(19-7-3-15-16(2)4-7)13-5-14-11(8)20-9(6)12(17)18/h3-5H,1-2H3,(H,17,18). The van der Waals surface area contributed by atoms with Gasteiger partial charge in [0.05, 0.1) is 11.1 Å². The summed E-state index contributed by atoms with van der Waals surface area (Å²) in [5, 5.41) is 14.9. The van der Waals surface area contributed by atoms with E-state index in [0.717, 1.165) is 15.3 Å². The number of thiophene rings is 1. The Kier molecular flexibility index (Phi) is 3.19. The Labute approximate surface area is 122 Å². The van der Waals surface area contributed by atoms with Crippen LogP contribution in [-0.4, -0.2) is 30.8 Å². The first-order valence-corrected chi connectivity index (χ1v) is 7.33. The van der Waals surface area contributed by atoms with E-state index in [9.17, 15) is 9.90 Å². The molecule has 0 aliphatic rings. The molecule has 102 valence electrons. The second kappa shape index (κ2) is 4.88. The summed E-state index contributed by atoms with van der Waals surface area (Å²) in [5.74, 6) is -0.928. The summed E-state index contributed by atoms with van der Waals surface area (Å²) < 4.78 is 1.71. The molecule has 1 N–H and O–H groups in total. The highest BCUT2D eigenvalue weighted by Crippen LogP contribution is 2.37. The third-order valence-corrected chi connectivity index (χ3v) is 4.92. The molecule has 8 heteroatoms. The van der Waals surface area contributed by atoms with Gasteiger partial charge in [0.1, 0.15) is 21.1 Å². The number of carboxylic acid groups (broad SMARTS) is 1. The monoisotopic (exact) mass is 306 g/mol. The number of nitrogens with zero attached hydrogens (tertiary/aromatic N) is 4. The fourth-order valence-corrected chi connectivity index (χ4v) is 3.92. The van der Waals surface area contributed by atoms with Crippen molar-refractivity contribution in [2.45, 2.75) is 16.8 Å². The minimum absolute atomic E-state index is 0.313. The highest BCUT2D eigenvalue weighted by atomic mass is 32.2. The van der Waals surface area contributed by atoms with Crippen LogP contribution in [-0.2, 0) is 7.05 Å². The maximum atomic E-state index is 11.2. The fraction of sp³-hybridized carbons (Fsp3) is 0.167. The molecule has 0 radical (unpaired) electrons. The van der Waals surface area contributed by atoms with Crippen molar-refractivity contribution in [2.75, 3.05) is 0 Å². The highest BCUT2D eigenvalue weighted by molar-refractivity contribution is 7.99. The molecule has 3 aromatic heterocycles. The van der Waals surface area contributed by atoms with E-state index in [1.165, 1.54) is 29.4 Å². The number of aromatic carboxylic acids is 1. The van der Waals surface area contributed by atoms with Crippen molar-refractivity contribution in [3.8, 4) is 0 Å². The Hall–Kier alpha value is -1.93. The average Bonchev–Trinajstić information content (AvgIpc) is 2.95. The van der Waals surface area contributed by atoms with E-state index < -0.39 is 5.97 Å². The van der Waals surface area contributed by atoms with E-state index in [0.29, 0.717) is 15.3 Å². The molecule has 0 saturated carbocycles. The number of hydrogen-bond acceptors (Lipinski definition) is 6. The molecule has 0 amide bonds. The molecule has 3 aromatic rings. The van der Waals surface area contributed by atoms with Crippen LogP contribution < -0.4 is 0 Å². The first-order valence-electron chi connectivity index (χ1n) is 5.70. The summed E-state index contributed by atoms with van der Waals surface area (Å²) >= 11 is 2.63. The summed E-state index contributed by atoms with van der Waals surface area (Å²) in [6.45, 7) is 1.79. The first-order chi connectivity index (χ1) is 9.56. The van der Waals surface area contributed by atoms with Gasteiger partial charge in [-0.15, -0.1) is 11.3 Å². The fourth-order valence-electron chi connectivity index (χ4n) is 1.88. The lowest BCUT2D eigenvalue weighted by molar-refractivity contribution is 0.0701. The maximum absolute atomic E-state index is 11.2. The Balaban J connectivity index is 2.13. The number of rotatable bonds is 3. The number of carbonyl (C=O) groups is 1. The van der Waals surface area contributed by atoms with Gasteiger partial charge in [-0.3, -0.25) is 4.68 Å². The van der Waals surface area contributed by atoms with Crippen molar-refractivity contribution in [2.24, 2.45) is 7.05 Å². The lowest BCUT2D eigenvalue weighted by atomic mass is 10.2. The molecule has 3 rings (SSSR count). The number of aromatic nitrogens is 4. The molecule has 20 heavy (non-hydrogen) atoms. The largest absolute Gasteiger partial charge is 0.477 e. The maximum Gasteiger partial charge on any atom is 0.346 e. The predicted octanol–water partition coefficient (Wildman–Crippen LogP) is 2.58. The Morgan fingerprint density at radius 2 is 2.25 bits per heavy atom. The van der Waals surface area contributed by atoms with Crippen LogP contribution in [0.2, 0.25) is 0 Å². The lowest BCUT2D eigenvalue weighted by Crippen LogP contribution is -1.94. The topological polar surface area (TPSA) is 80.9 Å². The molecule has 0 aromatic carbocycles. The van der Waals surface area contributed by atoms with Crippen LogP contribution in [0.4, 0.5) is 0 Å². The summed E-state index contributed by atoms with van der Waals surface area (Å²) in [5.41, 5.74) is 0.712. The van der Waals surface area contributed by atoms with Gasteiger partial charge in [0.15, 0.2) is 0 Å². The zero-order chi connectivity index (χ0) is 14.3. The first kappa shape index (κ1) is 13.1. The third kappa shape index (κ3) is 2.16. The molecular weight excluding hydrogens is 296 g/mol. The number of fused-ring (bicyclic) bond motifs is 1. The van der Waals surface area contributed by atoms with Crippen LogP contribution in [0.1, 0.15) is 15.2 Å². The van der Waals surface area contributed by atoms with Crippen LogP contribution in [0, 0.1) is 6.92 Å². The van der Waals surface area contributed by atoms with Crippen LogP contribution in [0.25, 0.3) is 10.2 Å². The van der Waals surface area contributed by atoms with Gasteiger partial charge < -0.3 is 5.11 Å². The molecule has 0 fully saturated rings. The molecule has 0 aliphatic heterocycles. The van der Waals surface area contributed by atoms with Crippen LogP contribution in [0.15, 0.2) is 28.6 Å². The van der Waals surface area contributed by atoms with Crippen molar-refractivity contribution in [1.82, 2.24) is 19.7 Å². The van der Waals surface area contributed by atoms with Gasteiger partial charge in [-0.25, -0.2) is 14.8 Å². The zero-order valence-electron chi connectivity index (χ0n) is 10.7. The normalized spacial score (nSPS) is 11.1. The van der Waals surface area contributed by atoms with E-state index in [-0.39, 0.29) is 0 Å². The summed E-state index contributed by atoms with van der Waals surface area (Å²) in [7, 11) is 1.85. The van der Waals surface area contributed by atoms with Crippen molar-refractivity contribution in [1.29, 1.82) is 0 Å². The molecule has 0 aliphatic carbocycles. The van der Waals surface area contributed by atoms with E-state index in [1.807, 2.05) is 13.2 Å². The second-order valence-corrected chi connectivity index (χ2v) is 6.23. The van der Waals surface area contributed by atoms with Gasteiger partial charge in [0.25, 0.3) is 0 Å². The van der Waals surface area contributed by atoms with Gasteiger partial charge in [-0.05, 0) is 12.5 Å². The zero-order valence-corrected chi connectivity index (χ0v) is 12.3.